The Balaban J connectivity index is 3.98. The number of nitrogens with zero attached hydrogens (tertiary/aromatic N) is 1. The summed E-state index contributed by atoms with van der Waals surface area (Å²) in [7, 11) is 3.17. The maximum absolute atomic E-state index is 10.3. The number of likely N-dealkylation sites (N-methyl/N-ethyl adjacent to an activating group) is 1. The van der Waals surface area contributed by atoms with Gasteiger partial charge in [-0.1, -0.05) is 0 Å². The van der Waals surface area contributed by atoms with E-state index in [2.05, 4.69) is 0 Å². The second-order valence-corrected chi connectivity index (χ2v) is 1.89. The van der Waals surface area contributed by atoms with E-state index >= 15 is 0 Å². The van der Waals surface area contributed by atoms with Gasteiger partial charge < -0.3 is 5.73 Å². The van der Waals surface area contributed by atoms with Gasteiger partial charge >= 0.3 is 0 Å². The third-order valence-corrected chi connectivity index (χ3v) is 0.898. The number of hydrogen-bond acceptors (Lipinski definition) is 3. The molecule has 0 rings (SSSR count). The average Bonchev–Trinajstić information content (AvgIpc) is 1.64. The van der Waals surface area contributed by atoms with Crippen molar-refractivity contribution in [2.24, 2.45) is 5.73 Å². The summed E-state index contributed by atoms with van der Waals surface area (Å²) in [4.78, 5) is 21.6. The zero-order valence-corrected chi connectivity index (χ0v) is 5.42. The Bertz CT molecular complexity index is 122. The van der Waals surface area contributed by atoms with E-state index in [1.807, 2.05) is 0 Å². The molecule has 9 heavy (non-hydrogen) atoms. The van der Waals surface area contributed by atoms with Crippen LogP contribution in [0.5, 0.6) is 0 Å². The smallest absolute Gasteiger partial charge is 0.242 e. The van der Waals surface area contributed by atoms with Gasteiger partial charge in [-0.05, 0) is 14.1 Å². The molecular formula is C5H9N2O2. The number of carbonyl (C=O) groups is 1. The molecule has 0 aliphatic carbocycles. The molecule has 4 nitrogen and oxygen atoms in total. The molecule has 4 heteroatoms. The summed E-state index contributed by atoms with van der Waals surface area (Å²) in [5, 5.41) is 0. The Kier molecular flexibility index (Phi) is 2.87. The van der Waals surface area contributed by atoms with Gasteiger partial charge in [0.15, 0.2) is 6.04 Å². The monoisotopic (exact) mass is 129 g/mol. The molecule has 2 N–H and O–H groups in total. The van der Waals surface area contributed by atoms with E-state index in [9.17, 15) is 9.59 Å². The van der Waals surface area contributed by atoms with Crippen LogP contribution in [0.3, 0.4) is 0 Å². The number of primary amides is 1. The Morgan fingerprint density at radius 1 is 1.67 bits per heavy atom. The fourth-order valence-corrected chi connectivity index (χ4v) is 0.418. The molecule has 0 aliphatic heterocycles. The summed E-state index contributed by atoms with van der Waals surface area (Å²) < 4.78 is 0. The maximum atomic E-state index is 10.3. The molecule has 0 bridgehead atoms. The van der Waals surface area contributed by atoms with Gasteiger partial charge in [-0.2, -0.15) is 0 Å². The zero-order valence-electron chi connectivity index (χ0n) is 5.42. The van der Waals surface area contributed by atoms with Crippen LogP contribution < -0.4 is 5.73 Å². The van der Waals surface area contributed by atoms with Gasteiger partial charge in [0.05, 0.1) is 0 Å². The van der Waals surface area contributed by atoms with Crippen molar-refractivity contribution in [3.8, 4) is 0 Å². The first kappa shape index (κ1) is 8.10. The van der Waals surface area contributed by atoms with Crippen LogP contribution >= 0.6 is 0 Å². The average molecular weight is 129 g/mol. The van der Waals surface area contributed by atoms with E-state index in [0.29, 0.717) is 0 Å². The van der Waals surface area contributed by atoms with Gasteiger partial charge in [0, 0.05) is 0 Å². The molecule has 0 aromatic rings. The van der Waals surface area contributed by atoms with E-state index in [1.165, 1.54) is 11.2 Å². The van der Waals surface area contributed by atoms with Crippen LogP contribution in [0.15, 0.2) is 0 Å². The van der Waals surface area contributed by atoms with E-state index in [4.69, 9.17) is 5.73 Å². The van der Waals surface area contributed by atoms with E-state index in [0.717, 1.165) is 0 Å². The summed E-state index contributed by atoms with van der Waals surface area (Å²) in [6, 6.07) is -0.912. The first-order chi connectivity index (χ1) is 4.09. The Morgan fingerprint density at radius 2 is 2.11 bits per heavy atom. The fraction of sp³-hybridized carbons (Fsp3) is 0.600. The molecule has 0 spiro atoms. The Labute approximate surface area is 53.6 Å². The normalized spacial score (nSPS) is 13.2. The van der Waals surface area contributed by atoms with Gasteiger partial charge in [-0.3, -0.25) is 14.5 Å². The fourth-order valence-electron chi connectivity index (χ4n) is 0.418. The van der Waals surface area contributed by atoms with Crippen LogP contribution in [0, 0.1) is 0 Å². The largest absolute Gasteiger partial charge is 0.368 e. The molecule has 0 heterocycles. The van der Waals surface area contributed by atoms with Gasteiger partial charge in [-0.15, -0.1) is 0 Å². The molecule has 51 valence electrons. The number of carbonyl (C=O) groups excluding carboxylic acids is 2. The predicted octanol–water partition coefficient (Wildman–Crippen LogP) is -1.49. The molecule has 0 aliphatic rings. The van der Waals surface area contributed by atoms with Crippen LogP contribution in [0.2, 0.25) is 0 Å². The molecule has 0 aromatic carbocycles. The minimum Gasteiger partial charge on any atom is -0.368 e. The van der Waals surface area contributed by atoms with Crippen LogP contribution in [0.4, 0.5) is 0 Å². The van der Waals surface area contributed by atoms with Gasteiger partial charge in [0.2, 0.25) is 12.2 Å². The van der Waals surface area contributed by atoms with Crippen molar-refractivity contribution in [1.82, 2.24) is 4.90 Å². The molecule has 1 unspecified atom stereocenters. The molecule has 0 fully saturated rings. The first-order valence-corrected chi connectivity index (χ1v) is 2.43. The van der Waals surface area contributed by atoms with Crippen molar-refractivity contribution in [2.45, 2.75) is 6.04 Å². The van der Waals surface area contributed by atoms with Gasteiger partial charge in [0.25, 0.3) is 0 Å². The highest BCUT2D eigenvalue weighted by Gasteiger charge is 2.16. The molecular weight excluding hydrogens is 120 g/mol. The van der Waals surface area contributed by atoms with Gasteiger partial charge in [-0.25, -0.2) is 0 Å². The summed E-state index contributed by atoms with van der Waals surface area (Å²) in [6.45, 7) is 0. The van der Waals surface area contributed by atoms with Gasteiger partial charge in [0.1, 0.15) is 0 Å². The van der Waals surface area contributed by atoms with Crippen molar-refractivity contribution >= 4 is 12.2 Å². The highest BCUT2D eigenvalue weighted by Crippen LogP contribution is 1.84. The summed E-state index contributed by atoms with van der Waals surface area (Å²) in [6.07, 6.45) is 1.50. The number of hydrogen-bond donors (Lipinski definition) is 1. The van der Waals surface area contributed by atoms with Crippen molar-refractivity contribution in [3.05, 3.63) is 0 Å². The lowest BCUT2D eigenvalue weighted by molar-refractivity contribution is -0.120. The molecule has 0 saturated heterocycles. The quantitative estimate of drug-likeness (QED) is 0.472. The second-order valence-electron chi connectivity index (χ2n) is 1.89. The lowest BCUT2D eigenvalue weighted by atomic mass is 10.3. The SMILES string of the molecule is CN(C)C([C]=O)C(N)=O. The standard InChI is InChI=1S/C5H9N2O2/c1-7(2)4(3-8)5(6)9/h4H,1-2H3,(H2,6,9). The maximum Gasteiger partial charge on any atom is 0.242 e. The van der Waals surface area contributed by atoms with Crippen molar-refractivity contribution in [2.75, 3.05) is 14.1 Å². The van der Waals surface area contributed by atoms with E-state index in [-0.39, 0.29) is 0 Å². The summed E-state index contributed by atoms with van der Waals surface area (Å²) in [5.41, 5.74) is 4.81. The highest BCUT2D eigenvalue weighted by atomic mass is 16.2. The Morgan fingerprint density at radius 3 is 2.11 bits per heavy atom. The van der Waals surface area contributed by atoms with Crippen LogP contribution in [0.1, 0.15) is 0 Å². The minimum atomic E-state index is -0.912. The lowest BCUT2D eigenvalue weighted by Gasteiger charge is -2.12. The van der Waals surface area contributed by atoms with Crippen LogP contribution in [0.25, 0.3) is 0 Å². The Hall–Kier alpha value is -0.900. The third kappa shape index (κ3) is 2.23. The zero-order chi connectivity index (χ0) is 7.44. The van der Waals surface area contributed by atoms with Crippen molar-refractivity contribution in [3.63, 3.8) is 0 Å². The predicted molar refractivity (Wildman–Crippen MR) is 32.4 cm³/mol. The number of amides is 1. The number of rotatable bonds is 3. The third-order valence-electron chi connectivity index (χ3n) is 0.898. The number of nitrogens with two attached hydrogens (primary N) is 1. The van der Waals surface area contributed by atoms with Crippen molar-refractivity contribution in [1.29, 1.82) is 0 Å². The second kappa shape index (κ2) is 3.19. The lowest BCUT2D eigenvalue weighted by Crippen LogP contribution is -2.41. The molecule has 1 radical (unpaired) electrons. The molecule has 1 atom stereocenters. The summed E-state index contributed by atoms with van der Waals surface area (Å²) >= 11 is 0. The topological polar surface area (TPSA) is 63.4 Å². The van der Waals surface area contributed by atoms with Crippen molar-refractivity contribution < 1.29 is 9.59 Å². The minimum absolute atomic E-state index is 0.671. The molecule has 0 aromatic heterocycles. The van der Waals surface area contributed by atoms with Crippen LogP contribution in [-0.4, -0.2) is 37.2 Å². The highest BCUT2D eigenvalue weighted by molar-refractivity contribution is 5.94. The first-order valence-electron chi connectivity index (χ1n) is 2.43. The molecule has 0 saturated carbocycles. The molecule has 1 amide bonds. The van der Waals surface area contributed by atoms with E-state index in [1.54, 1.807) is 14.1 Å². The van der Waals surface area contributed by atoms with Crippen LogP contribution in [-0.2, 0) is 9.59 Å². The summed E-state index contributed by atoms with van der Waals surface area (Å²) in [5.74, 6) is -0.671. The van der Waals surface area contributed by atoms with E-state index < -0.39 is 11.9 Å².